The third-order valence-electron chi connectivity index (χ3n) is 6.98. The number of fused-ring (bicyclic) bond motifs is 1. The molecule has 3 aromatic rings. The van der Waals surface area contributed by atoms with Gasteiger partial charge in [-0.2, -0.15) is 0 Å². The van der Waals surface area contributed by atoms with Crippen LogP contribution in [0.5, 0.6) is 5.75 Å². The Morgan fingerprint density at radius 1 is 1.31 bits per heavy atom. The van der Waals surface area contributed by atoms with E-state index in [0.717, 1.165) is 59.1 Å². The van der Waals surface area contributed by atoms with E-state index in [0.29, 0.717) is 6.54 Å². The highest BCUT2D eigenvalue weighted by atomic mass is 32.2. The number of carbonyl (C=O) groups is 1. The van der Waals surface area contributed by atoms with E-state index in [9.17, 15) is 9.90 Å². The molecule has 188 valence electrons. The zero-order valence-electron chi connectivity index (χ0n) is 20.6. The molecule has 0 aliphatic carbocycles. The van der Waals surface area contributed by atoms with Gasteiger partial charge in [0.25, 0.3) is 0 Å². The van der Waals surface area contributed by atoms with Crippen molar-refractivity contribution in [3.8, 4) is 5.75 Å². The molecule has 2 aromatic heterocycles. The molecule has 0 saturated carbocycles. The molecule has 0 amide bonds. The number of rotatable bonds is 11. The number of hydrogen-bond acceptors (Lipinski definition) is 8. The van der Waals surface area contributed by atoms with Crippen molar-refractivity contribution in [3.63, 3.8) is 0 Å². The lowest BCUT2D eigenvalue weighted by Crippen LogP contribution is -2.44. The first-order valence-electron chi connectivity index (χ1n) is 12.0. The van der Waals surface area contributed by atoms with E-state index in [2.05, 4.69) is 46.0 Å². The summed E-state index contributed by atoms with van der Waals surface area (Å²) in [5.74, 6) is 0.931. The zero-order chi connectivity index (χ0) is 24.8. The van der Waals surface area contributed by atoms with Gasteiger partial charge in [0.1, 0.15) is 10.1 Å². The Balaban J connectivity index is 1.41. The fraction of sp³-hybridized carbons (Fsp3) is 0.500. The van der Waals surface area contributed by atoms with Gasteiger partial charge in [0.15, 0.2) is 0 Å². The van der Waals surface area contributed by atoms with Crippen LogP contribution in [0.1, 0.15) is 30.9 Å². The number of aromatic nitrogens is 2. The molecule has 3 atom stereocenters. The Morgan fingerprint density at radius 2 is 2.17 bits per heavy atom. The van der Waals surface area contributed by atoms with Gasteiger partial charge < -0.3 is 19.6 Å². The van der Waals surface area contributed by atoms with Gasteiger partial charge in [-0.15, -0.1) is 11.3 Å². The van der Waals surface area contributed by atoms with Crippen molar-refractivity contribution < 1.29 is 14.6 Å². The van der Waals surface area contributed by atoms with E-state index < -0.39 is 5.97 Å². The van der Waals surface area contributed by atoms with Gasteiger partial charge in [0.05, 0.1) is 18.5 Å². The molecule has 4 rings (SSSR count). The van der Waals surface area contributed by atoms with E-state index in [-0.39, 0.29) is 17.9 Å². The standard InChI is InChI=1S/C26H34N4O3S2/c1-29(2)24(20-8-10-27-23-6-5-19(33-3)16-21(20)23)7-4-18-9-12-30(17-22(18)25(31)32)13-15-35-26-28-11-14-34-26/h5-6,8,10-11,14,16,18,22,24H,4,7,9,12-13,15,17H2,1-3H3,(H,31,32)/t18-,22+,24+/m1/s1. The number of aliphatic carboxylic acids is 1. The van der Waals surface area contributed by atoms with E-state index in [1.165, 1.54) is 5.56 Å². The molecule has 0 radical (unpaired) electrons. The Bertz CT molecular complexity index is 1110. The largest absolute Gasteiger partial charge is 0.497 e. The Labute approximate surface area is 215 Å². The maximum absolute atomic E-state index is 12.2. The molecule has 9 heteroatoms. The number of pyridine rings is 1. The van der Waals surface area contributed by atoms with E-state index in [4.69, 9.17) is 4.74 Å². The second-order valence-corrected chi connectivity index (χ2v) is 11.5. The minimum atomic E-state index is -0.673. The quantitative estimate of drug-likeness (QED) is 0.362. The van der Waals surface area contributed by atoms with Gasteiger partial charge in [-0.25, -0.2) is 4.98 Å². The van der Waals surface area contributed by atoms with Crippen molar-refractivity contribution in [1.82, 2.24) is 19.8 Å². The van der Waals surface area contributed by atoms with Gasteiger partial charge in [-0.05, 0) is 75.6 Å². The molecule has 35 heavy (non-hydrogen) atoms. The van der Waals surface area contributed by atoms with Gasteiger partial charge in [-0.1, -0.05) is 11.8 Å². The molecule has 1 fully saturated rings. The van der Waals surface area contributed by atoms with Crippen LogP contribution in [-0.4, -0.2) is 77.4 Å². The molecular weight excluding hydrogens is 480 g/mol. The van der Waals surface area contributed by atoms with Gasteiger partial charge >= 0.3 is 5.97 Å². The third kappa shape index (κ3) is 6.52. The maximum Gasteiger partial charge on any atom is 0.308 e. The number of hydrogen-bond donors (Lipinski definition) is 1. The number of nitrogens with zero attached hydrogens (tertiary/aromatic N) is 4. The average molecular weight is 515 g/mol. The van der Waals surface area contributed by atoms with E-state index >= 15 is 0 Å². The number of carboxylic acids is 1. The molecule has 1 N–H and O–H groups in total. The van der Waals surface area contributed by atoms with Gasteiger partial charge in [0, 0.05) is 48.0 Å². The highest BCUT2D eigenvalue weighted by Crippen LogP contribution is 2.36. The van der Waals surface area contributed by atoms with Crippen molar-refractivity contribution in [1.29, 1.82) is 0 Å². The first-order chi connectivity index (χ1) is 17.0. The second-order valence-electron chi connectivity index (χ2n) is 9.28. The summed E-state index contributed by atoms with van der Waals surface area (Å²) in [6.07, 6.45) is 6.39. The van der Waals surface area contributed by atoms with Crippen LogP contribution in [0.15, 0.2) is 46.4 Å². The third-order valence-corrected chi connectivity index (χ3v) is 8.92. The summed E-state index contributed by atoms with van der Waals surface area (Å²) >= 11 is 3.40. The van der Waals surface area contributed by atoms with Gasteiger partial charge in [0.2, 0.25) is 0 Å². The van der Waals surface area contributed by atoms with Crippen molar-refractivity contribution in [2.45, 2.75) is 29.6 Å². The van der Waals surface area contributed by atoms with Crippen LogP contribution < -0.4 is 4.74 Å². The van der Waals surface area contributed by atoms with Crippen LogP contribution in [0.4, 0.5) is 0 Å². The highest BCUT2D eigenvalue weighted by Gasteiger charge is 2.34. The van der Waals surface area contributed by atoms with Crippen LogP contribution in [0.2, 0.25) is 0 Å². The van der Waals surface area contributed by atoms with Crippen molar-refractivity contribution in [3.05, 3.63) is 47.6 Å². The van der Waals surface area contributed by atoms with Gasteiger partial charge in [-0.3, -0.25) is 9.78 Å². The molecule has 3 heterocycles. The van der Waals surface area contributed by atoms with E-state index in [1.54, 1.807) is 30.2 Å². The number of thiazole rings is 1. The summed E-state index contributed by atoms with van der Waals surface area (Å²) in [4.78, 5) is 25.6. The first kappa shape index (κ1) is 25.9. The number of likely N-dealkylation sites (tertiary alicyclic amines) is 1. The number of ether oxygens (including phenoxy) is 1. The van der Waals surface area contributed by atoms with Crippen LogP contribution in [0.3, 0.4) is 0 Å². The minimum absolute atomic E-state index is 0.176. The Hall–Kier alpha value is -2.20. The average Bonchev–Trinajstić information content (AvgIpc) is 3.37. The number of piperidine rings is 1. The lowest BCUT2D eigenvalue weighted by molar-refractivity contribution is -0.146. The lowest BCUT2D eigenvalue weighted by atomic mass is 9.80. The summed E-state index contributed by atoms with van der Waals surface area (Å²) in [6.45, 7) is 2.47. The predicted octanol–water partition coefficient (Wildman–Crippen LogP) is 4.90. The molecule has 1 aliphatic heterocycles. The number of carboxylic acid groups (broad SMARTS) is 1. The summed E-state index contributed by atoms with van der Waals surface area (Å²) in [5, 5.41) is 13.1. The fourth-order valence-corrected chi connectivity index (χ4v) is 6.78. The molecule has 0 bridgehead atoms. The fourth-order valence-electron chi connectivity index (χ4n) is 5.07. The Kier molecular flexibility index (Phi) is 8.99. The number of methoxy groups -OCH3 is 1. The zero-order valence-corrected chi connectivity index (χ0v) is 22.2. The van der Waals surface area contributed by atoms with Crippen LogP contribution >= 0.6 is 23.1 Å². The lowest BCUT2D eigenvalue weighted by Gasteiger charge is -2.37. The van der Waals surface area contributed by atoms with Crippen molar-refractivity contribution >= 4 is 40.0 Å². The molecule has 1 saturated heterocycles. The topological polar surface area (TPSA) is 78.8 Å². The highest BCUT2D eigenvalue weighted by molar-refractivity contribution is 8.01. The summed E-state index contributed by atoms with van der Waals surface area (Å²) in [5.41, 5.74) is 2.16. The van der Waals surface area contributed by atoms with E-state index in [1.807, 2.05) is 29.9 Å². The SMILES string of the molecule is COc1ccc2nccc([C@H](CC[C@@H]3CCN(CCSc4nccs4)C[C@@H]3C(=O)O)N(C)C)c2c1. The molecule has 7 nitrogen and oxygen atoms in total. The molecule has 1 aromatic carbocycles. The summed E-state index contributed by atoms with van der Waals surface area (Å²) in [7, 11) is 5.86. The summed E-state index contributed by atoms with van der Waals surface area (Å²) in [6, 6.07) is 8.24. The predicted molar refractivity (Wildman–Crippen MR) is 142 cm³/mol. The Morgan fingerprint density at radius 3 is 2.89 bits per heavy atom. The van der Waals surface area contributed by atoms with Crippen LogP contribution in [0.25, 0.3) is 10.9 Å². The number of thioether (sulfide) groups is 1. The van der Waals surface area contributed by atoms with Crippen molar-refractivity contribution in [2.24, 2.45) is 11.8 Å². The van der Waals surface area contributed by atoms with Crippen molar-refractivity contribution in [2.75, 3.05) is 46.6 Å². The van der Waals surface area contributed by atoms with Crippen LogP contribution in [-0.2, 0) is 4.79 Å². The molecule has 0 unspecified atom stereocenters. The normalized spacial score (nSPS) is 19.8. The second kappa shape index (κ2) is 12.2. The number of benzene rings is 1. The smallest absolute Gasteiger partial charge is 0.308 e. The maximum atomic E-state index is 12.2. The minimum Gasteiger partial charge on any atom is -0.497 e. The molecular formula is C26H34N4O3S2. The first-order valence-corrected chi connectivity index (χ1v) is 13.9. The monoisotopic (exact) mass is 514 g/mol. The molecule has 1 aliphatic rings. The molecule has 0 spiro atoms. The summed E-state index contributed by atoms with van der Waals surface area (Å²) < 4.78 is 6.53. The van der Waals surface area contributed by atoms with Crippen LogP contribution in [0, 0.1) is 11.8 Å².